The van der Waals surface area contributed by atoms with Crippen LogP contribution in [0.3, 0.4) is 0 Å². The summed E-state index contributed by atoms with van der Waals surface area (Å²) in [6.45, 7) is 5.93. The number of halogens is 1. The van der Waals surface area contributed by atoms with Crippen molar-refractivity contribution in [1.82, 2.24) is 4.57 Å². The van der Waals surface area contributed by atoms with Crippen molar-refractivity contribution in [2.45, 2.75) is 26.8 Å². The van der Waals surface area contributed by atoms with Crippen LogP contribution in [0.2, 0.25) is 0 Å². The fraction of sp³-hybridized carbons (Fsp3) is 0.345. The molecule has 2 aromatic carbocycles. The van der Waals surface area contributed by atoms with E-state index in [1.54, 1.807) is 44.2 Å². The summed E-state index contributed by atoms with van der Waals surface area (Å²) in [5, 5.41) is 0. The number of hydrogen-bond acceptors (Lipinski definition) is 10. The van der Waals surface area contributed by atoms with Gasteiger partial charge in [0, 0.05) is 16.1 Å². The van der Waals surface area contributed by atoms with Crippen molar-refractivity contribution >= 4 is 39.3 Å². The summed E-state index contributed by atoms with van der Waals surface area (Å²) in [5.41, 5.74) is 1.58. The number of rotatable bonds is 10. The van der Waals surface area contributed by atoms with Crippen LogP contribution in [-0.2, 0) is 9.53 Å². The Morgan fingerprint density at radius 1 is 0.951 bits per heavy atom. The molecular formula is C29H31BrN2O8S. The molecule has 0 fully saturated rings. The average Bonchev–Trinajstić information content (AvgIpc) is 3.26. The quantitative estimate of drug-likeness (QED) is 0.304. The van der Waals surface area contributed by atoms with Gasteiger partial charge in [-0.2, -0.15) is 0 Å². The van der Waals surface area contributed by atoms with Gasteiger partial charge in [0.25, 0.3) is 5.56 Å². The zero-order valence-corrected chi connectivity index (χ0v) is 26.2. The lowest BCUT2D eigenvalue weighted by Crippen LogP contribution is -2.40. The van der Waals surface area contributed by atoms with Crippen LogP contribution in [0.5, 0.6) is 28.7 Å². The number of esters is 1. The molecule has 2 heterocycles. The Morgan fingerprint density at radius 3 is 2.20 bits per heavy atom. The number of hydrogen-bond donors (Lipinski definition) is 0. The predicted molar refractivity (Wildman–Crippen MR) is 158 cm³/mol. The third kappa shape index (κ3) is 5.71. The van der Waals surface area contributed by atoms with Crippen LogP contribution in [-0.4, -0.2) is 52.2 Å². The molecule has 0 unspecified atom stereocenters. The zero-order valence-electron chi connectivity index (χ0n) is 23.8. The van der Waals surface area contributed by atoms with E-state index in [2.05, 4.69) is 20.9 Å². The van der Waals surface area contributed by atoms with Gasteiger partial charge in [-0.3, -0.25) is 9.36 Å². The van der Waals surface area contributed by atoms with E-state index in [9.17, 15) is 9.59 Å². The SMILES string of the molecule is CCOC(=O)C1=C(C)N=c2s/c(=C/c3cc(OC)c(OC)cc3OC)c(=O)n2[C@H]1c1cc(OC)c(OCC)cc1Br. The summed E-state index contributed by atoms with van der Waals surface area (Å²) in [5.74, 6) is 1.89. The number of nitrogens with zero attached hydrogens (tertiary/aromatic N) is 2. The first-order valence-electron chi connectivity index (χ1n) is 12.7. The van der Waals surface area contributed by atoms with E-state index in [0.717, 1.165) is 0 Å². The Kier molecular flexibility index (Phi) is 9.44. The summed E-state index contributed by atoms with van der Waals surface area (Å²) in [6, 6.07) is 6.10. The van der Waals surface area contributed by atoms with Crippen LogP contribution in [0.25, 0.3) is 6.08 Å². The van der Waals surface area contributed by atoms with Gasteiger partial charge >= 0.3 is 5.97 Å². The molecule has 0 spiro atoms. The molecule has 0 N–H and O–H groups in total. The van der Waals surface area contributed by atoms with Crippen LogP contribution in [0.15, 0.2) is 49.8 Å². The monoisotopic (exact) mass is 646 g/mol. The molecule has 10 nitrogen and oxygen atoms in total. The Hall–Kier alpha value is -3.77. The van der Waals surface area contributed by atoms with Gasteiger partial charge in [-0.05, 0) is 50.6 Å². The maximum absolute atomic E-state index is 14.1. The molecule has 0 saturated heterocycles. The highest BCUT2D eigenvalue weighted by Crippen LogP contribution is 2.41. The maximum Gasteiger partial charge on any atom is 0.338 e. The smallest absolute Gasteiger partial charge is 0.338 e. The first-order valence-corrected chi connectivity index (χ1v) is 14.3. The van der Waals surface area contributed by atoms with Gasteiger partial charge in [-0.15, -0.1) is 0 Å². The number of thiazole rings is 1. The van der Waals surface area contributed by atoms with Crippen molar-refractivity contribution in [2.75, 3.05) is 41.7 Å². The highest BCUT2D eigenvalue weighted by Gasteiger charge is 2.35. The van der Waals surface area contributed by atoms with Gasteiger partial charge in [0.05, 0.1) is 63.5 Å². The lowest BCUT2D eigenvalue weighted by Gasteiger charge is -2.26. The number of aromatic nitrogens is 1. The van der Waals surface area contributed by atoms with E-state index >= 15 is 0 Å². The van der Waals surface area contributed by atoms with E-state index in [0.29, 0.717) is 66.0 Å². The minimum absolute atomic E-state index is 0.166. The molecule has 0 saturated carbocycles. The number of carbonyl (C=O) groups excluding carboxylic acids is 1. The minimum atomic E-state index is -0.848. The molecule has 1 atom stereocenters. The minimum Gasteiger partial charge on any atom is -0.496 e. The molecule has 1 aromatic heterocycles. The molecule has 41 heavy (non-hydrogen) atoms. The normalized spacial score (nSPS) is 14.7. The summed E-state index contributed by atoms with van der Waals surface area (Å²) < 4.78 is 35.6. The van der Waals surface area contributed by atoms with Crippen molar-refractivity contribution in [1.29, 1.82) is 0 Å². The first-order chi connectivity index (χ1) is 19.7. The molecule has 0 aliphatic carbocycles. The van der Waals surface area contributed by atoms with Gasteiger partial charge in [0.1, 0.15) is 5.75 Å². The summed E-state index contributed by atoms with van der Waals surface area (Å²) in [6.07, 6.45) is 1.71. The third-order valence-electron chi connectivity index (χ3n) is 6.42. The van der Waals surface area contributed by atoms with Gasteiger partial charge in [0.15, 0.2) is 27.8 Å². The Labute approximate surface area is 249 Å². The molecule has 1 aliphatic heterocycles. The number of carbonyl (C=O) groups is 1. The molecule has 4 rings (SSSR count). The standard InChI is InChI=1S/C29H31BrN2O8S/c1-8-39-23-13-18(30)17(12-21(23)37-6)26-25(28(34)40-9-2)15(3)31-29-32(26)27(33)24(41-29)11-16-10-20(36-5)22(38-7)14-19(16)35-4/h10-14,26H,8-9H2,1-7H3/b24-11+/t26-/m0/s1. The second kappa shape index (κ2) is 12.8. The molecule has 0 bridgehead atoms. The van der Waals surface area contributed by atoms with Crippen LogP contribution in [0.4, 0.5) is 0 Å². The second-order valence-electron chi connectivity index (χ2n) is 8.71. The van der Waals surface area contributed by atoms with Crippen LogP contribution in [0, 0.1) is 0 Å². The first kappa shape index (κ1) is 30.2. The highest BCUT2D eigenvalue weighted by atomic mass is 79.9. The van der Waals surface area contributed by atoms with Gasteiger partial charge in [-0.1, -0.05) is 27.3 Å². The number of allylic oxidation sites excluding steroid dienone is 1. The lowest BCUT2D eigenvalue weighted by atomic mass is 9.95. The van der Waals surface area contributed by atoms with Gasteiger partial charge < -0.3 is 28.4 Å². The molecule has 218 valence electrons. The number of methoxy groups -OCH3 is 4. The highest BCUT2D eigenvalue weighted by molar-refractivity contribution is 9.10. The average molecular weight is 648 g/mol. The number of ether oxygens (including phenoxy) is 6. The topological polar surface area (TPSA) is 107 Å². The lowest BCUT2D eigenvalue weighted by molar-refractivity contribution is -0.139. The zero-order chi connectivity index (χ0) is 29.8. The van der Waals surface area contributed by atoms with E-state index in [1.165, 1.54) is 44.3 Å². The summed E-state index contributed by atoms with van der Waals surface area (Å²) >= 11 is 4.83. The molecule has 1 aliphatic rings. The fourth-order valence-corrected chi connectivity index (χ4v) is 6.16. The van der Waals surface area contributed by atoms with Crippen molar-refractivity contribution in [3.05, 3.63) is 70.8 Å². The van der Waals surface area contributed by atoms with E-state index in [-0.39, 0.29) is 17.7 Å². The second-order valence-corrected chi connectivity index (χ2v) is 10.6. The molecule has 12 heteroatoms. The van der Waals surface area contributed by atoms with Crippen LogP contribution in [0.1, 0.15) is 37.9 Å². The van der Waals surface area contributed by atoms with Crippen LogP contribution < -0.4 is 38.6 Å². The molecular weight excluding hydrogens is 616 g/mol. The Balaban J connectivity index is 2.01. The molecule has 0 radical (unpaired) electrons. The molecule has 3 aromatic rings. The summed E-state index contributed by atoms with van der Waals surface area (Å²) in [4.78, 5) is 32.4. The third-order valence-corrected chi connectivity index (χ3v) is 8.09. The number of fused-ring (bicyclic) bond motifs is 1. The van der Waals surface area contributed by atoms with E-state index in [4.69, 9.17) is 28.4 Å². The maximum atomic E-state index is 14.1. The molecule has 0 amide bonds. The predicted octanol–water partition coefficient (Wildman–Crippen LogP) is 3.99. The van der Waals surface area contributed by atoms with Crippen molar-refractivity contribution in [3.63, 3.8) is 0 Å². The largest absolute Gasteiger partial charge is 0.496 e. The van der Waals surface area contributed by atoms with Crippen molar-refractivity contribution < 1.29 is 33.2 Å². The Bertz CT molecular complexity index is 1690. The van der Waals surface area contributed by atoms with Crippen LogP contribution >= 0.6 is 27.3 Å². The van der Waals surface area contributed by atoms with Crippen molar-refractivity contribution in [2.24, 2.45) is 4.99 Å². The van der Waals surface area contributed by atoms with E-state index in [1.807, 2.05) is 6.92 Å². The fourth-order valence-electron chi connectivity index (χ4n) is 4.58. The Morgan fingerprint density at radius 2 is 1.59 bits per heavy atom. The number of benzene rings is 2. The van der Waals surface area contributed by atoms with Crippen molar-refractivity contribution in [3.8, 4) is 28.7 Å². The van der Waals surface area contributed by atoms with E-state index < -0.39 is 12.0 Å². The van der Waals surface area contributed by atoms with Gasteiger partial charge in [0.2, 0.25) is 0 Å². The summed E-state index contributed by atoms with van der Waals surface area (Å²) in [7, 11) is 6.13. The van der Waals surface area contributed by atoms with Gasteiger partial charge in [-0.25, -0.2) is 9.79 Å².